The van der Waals surface area contributed by atoms with Crippen molar-refractivity contribution in [1.82, 2.24) is 4.57 Å². The molecule has 2 aromatic carbocycles. The van der Waals surface area contributed by atoms with Gasteiger partial charge in [0.1, 0.15) is 5.60 Å². The summed E-state index contributed by atoms with van der Waals surface area (Å²) >= 11 is 0. The van der Waals surface area contributed by atoms with E-state index in [0.717, 1.165) is 17.8 Å². The Labute approximate surface area is 154 Å². The number of rotatable bonds is 4. The second-order valence-electron chi connectivity index (χ2n) is 7.52. The van der Waals surface area contributed by atoms with E-state index in [4.69, 9.17) is 4.74 Å². The van der Waals surface area contributed by atoms with Crippen molar-refractivity contribution in [2.75, 3.05) is 0 Å². The molecule has 26 heavy (non-hydrogen) atoms. The first-order valence-corrected chi connectivity index (χ1v) is 8.87. The Morgan fingerprint density at radius 3 is 2.50 bits per heavy atom. The molecule has 0 amide bonds. The zero-order valence-corrected chi connectivity index (χ0v) is 15.8. The van der Waals surface area contributed by atoms with Crippen molar-refractivity contribution in [1.29, 1.82) is 0 Å². The van der Waals surface area contributed by atoms with Gasteiger partial charge in [-0.1, -0.05) is 42.5 Å². The molecule has 3 rings (SSSR count). The SMILES string of the molecule is Cc1cccc2c1cc(C=CC(=O)OC(C)(C)C)n2Cc1ccccc1. The quantitative estimate of drug-likeness (QED) is 0.470. The first kappa shape index (κ1) is 18.0. The van der Waals surface area contributed by atoms with Gasteiger partial charge in [-0.25, -0.2) is 4.79 Å². The average molecular weight is 347 g/mol. The van der Waals surface area contributed by atoms with E-state index in [9.17, 15) is 4.79 Å². The minimum Gasteiger partial charge on any atom is -0.457 e. The Kier molecular flexibility index (Phi) is 4.99. The van der Waals surface area contributed by atoms with Gasteiger partial charge in [0.05, 0.1) is 0 Å². The van der Waals surface area contributed by atoms with Gasteiger partial charge in [-0.15, -0.1) is 0 Å². The van der Waals surface area contributed by atoms with Crippen LogP contribution in [-0.4, -0.2) is 16.1 Å². The lowest BCUT2D eigenvalue weighted by molar-refractivity contribution is -0.148. The zero-order valence-electron chi connectivity index (χ0n) is 15.8. The summed E-state index contributed by atoms with van der Waals surface area (Å²) in [5.74, 6) is -0.328. The van der Waals surface area contributed by atoms with Crippen LogP contribution in [0.5, 0.6) is 0 Å². The van der Waals surface area contributed by atoms with Gasteiger partial charge >= 0.3 is 5.97 Å². The highest BCUT2D eigenvalue weighted by molar-refractivity contribution is 5.91. The Balaban J connectivity index is 1.99. The van der Waals surface area contributed by atoms with Crippen LogP contribution in [0.25, 0.3) is 17.0 Å². The standard InChI is InChI=1S/C23H25NO2/c1-17-9-8-12-21-20(17)15-19(13-14-22(25)26-23(2,3)4)24(21)16-18-10-6-5-7-11-18/h5-15H,16H2,1-4H3. The van der Waals surface area contributed by atoms with E-state index in [2.05, 4.69) is 47.9 Å². The highest BCUT2D eigenvalue weighted by Gasteiger charge is 2.14. The molecule has 0 fully saturated rings. The topological polar surface area (TPSA) is 31.2 Å². The van der Waals surface area contributed by atoms with Crippen molar-refractivity contribution >= 4 is 22.9 Å². The highest BCUT2D eigenvalue weighted by atomic mass is 16.6. The molecule has 0 aliphatic carbocycles. The fraction of sp³-hybridized carbons (Fsp3) is 0.261. The molecule has 0 radical (unpaired) electrons. The predicted octanol–water partition coefficient (Wildman–Crippen LogP) is 5.35. The van der Waals surface area contributed by atoms with Crippen molar-refractivity contribution in [3.05, 3.63) is 77.5 Å². The number of nitrogens with zero attached hydrogens (tertiary/aromatic N) is 1. The summed E-state index contributed by atoms with van der Waals surface area (Å²) < 4.78 is 7.62. The lowest BCUT2D eigenvalue weighted by Gasteiger charge is -2.18. The number of esters is 1. The summed E-state index contributed by atoms with van der Waals surface area (Å²) in [5.41, 5.74) is 4.11. The van der Waals surface area contributed by atoms with Crippen LogP contribution in [0.15, 0.2) is 60.7 Å². The molecule has 0 unspecified atom stereocenters. The Hall–Kier alpha value is -2.81. The molecule has 0 bridgehead atoms. The molecule has 0 atom stereocenters. The van der Waals surface area contributed by atoms with Crippen LogP contribution in [-0.2, 0) is 16.1 Å². The zero-order chi connectivity index (χ0) is 18.7. The normalized spacial score (nSPS) is 12.0. The van der Waals surface area contributed by atoms with Crippen LogP contribution >= 0.6 is 0 Å². The average Bonchev–Trinajstić information content (AvgIpc) is 2.92. The van der Waals surface area contributed by atoms with Crippen molar-refractivity contribution in [2.45, 2.75) is 39.8 Å². The van der Waals surface area contributed by atoms with E-state index < -0.39 is 5.60 Å². The molecule has 1 heterocycles. The van der Waals surface area contributed by atoms with Gasteiger partial charge < -0.3 is 9.30 Å². The summed E-state index contributed by atoms with van der Waals surface area (Å²) in [6.45, 7) is 8.47. The Morgan fingerprint density at radius 2 is 1.81 bits per heavy atom. The Morgan fingerprint density at radius 1 is 1.08 bits per heavy atom. The lowest BCUT2D eigenvalue weighted by atomic mass is 10.1. The lowest BCUT2D eigenvalue weighted by Crippen LogP contribution is -2.22. The molecule has 3 aromatic rings. The number of aromatic nitrogens is 1. The molecule has 0 spiro atoms. The fourth-order valence-corrected chi connectivity index (χ4v) is 3.02. The molecule has 0 aliphatic rings. The summed E-state index contributed by atoms with van der Waals surface area (Å²) in [6.07, 6.45) is 3.35. The van der Waals surface area contributed by atoms with Gasteiger partial charge in [0.2, 0.25) is 0 Å². The second-order valence-corrected chi connectivity index (χ2v) is 7.52. The van der Waals surface area contributed by atoms with Gasteiger partial charge in [0, 0.05) is 29.2 Å². The van der Waals surface area contributed by atoms with Gasteiger partial charge in [0.25, 0.3) is 0 Å². The van der Waals surface area contributed by atoms with E-state index in [1.54, 1.807) is 0 Å². The summed E-state index contributed by atoms with van der Waals surface area (Å²) in [7, 11) is 0. The van der Waals surface area contributed by atoms with Crippen LogP contribution in [0, 0.1) is 6.92 Å². The van der Waals surface area contributed by atoms with Crippen LogP contribution in [0.1, 0.15) is 37.6 Å². The smallest absolute Gasteiger partial charge is 0.331 e. The summed E-state index contributed by atoms with van der Waals surface area (Å²) in [6, 6.07) is 18.8. The van der Waals surface area contributed by atoms with E-state index in [1.165, 1.54) is 22.6 Å². The Bertz CT molecular complexity index is 943. The molecule has 3 nitrogen and oxygen atoms in total. The summed E-state index contributed by atoms with van der Waals surface area (Å²) in [5, 5.41) is 1.20. The molecule has 0 N–H and O–H groups in total. The fourth-order valence-electron chi connectivity index (χ4n) is 3.02. The van der Waals surface area contributed by atoms with Gasteiger partial charge in [-0.3, -0.25) is 0 Å². The van der Waals surface area contributed by atoms with Crippen LogP contribution in [0.4, 0.5) is 0 Å². The van der Waals surface area contributed by atoms with Gasteiger partial charge in [-0.2, -0.15) is 0 Å². The van der Waals surface area contributed by atoms with E-state index >= 15 is 0 Å². The van der Waals surface area contributed by atoms with Gasteiger partial charge in [0.15, 0.2) is 0 Å². The maximum Gasteiger partial charge on any atom is 0.331 e. The largest absolute Gasteiger partial charge is 0.457 e. The number of hydrogen-bond donors (Lipinski definition) is 0. The van der Waals surface area contributed by atoms with Gasteiger partial charge in [-0.05, 0) is 57.0 Å². The number of aryl methyl sites for hydroxylation is 1. The first-order valence-electron chi connectivity index (χ1n) is 8.87. The van der Waals surface area contributed by atoms with Crippen molar-refractivity contribution in [3.63, 3.8) is 0 Å². The van der Waals surface area contributed by atoms with E-state index in [0.29, 0.717) is 0 Å². The van der Waals surface area contributed by atoms with E-state index in [1.807, 2.05) is 45.0 Å². The third-order valence-electron chi connectivity index (χ3n) is 4.18. The third-order valence-corrected chi connectivity index (χ3v) is 4.18. The number of ether oxygens (including phenoxy) is 1. The molecule has 134 valence electrons. The van der Waals surface area contributed by atoms with Crippen molar-refractivity contribution in [3.8, 4) is 0 Å². The first-order chi connectivity index (χ1) is 12.3. The van der Waals surface area contributed by atoms with E-state index in [-0.39, 0.29) is 5.97 Å². The molecule has 0 aliphatic heterocycles. The van der Waals surface area contributed by atoms with Crippen LogP contribution < -0.4 is 0 Å². The molecule has 0 saturated carbocycles. The number of carbonyl (C=O) groups is 1. The van der Waals surface area contributed by atoms with Crippen LogP contribution in [0.3, 0.4) is 0 Å². The molecular weight excluding hydrogens is 322 g/mol. The number of carbonyl (C=O) groups excluding carboxylic acids is 1. The minimum atomic E-state index is -0.491. The maximum absolute atomic E-state index is 12.1. The molecule has 0 saturated heterocycles. The van der Waals surface area contributed by atoms with Crippen LogP contribution in [0.2, 0.25) is 0 Å². The second kappa shape index (κ2) is 7.20. The molecule has 3 heteroatoms. The third kappa shape index (κ3) is 4.23. The van der Waals surface area contributed by atoms with Crippen molar-refractivity contribution in [2.24, 2.45) is 0 Å². The monoisotopic (exact) mass is 347 g/mol. The van der Waals surface area contributed by atoms with Crippen molar-refractivity contribution < 1.29 is 9.53 Å². The molecular formula is C23H25NO2. The molecule has 1 aromatic heterocycles. The number of hydrogen-bond acceptors (Lipinski definition) is 2. The summed E-state index contributed by atoms with van der Waals surface area (Å²) in [4.78, 5) is 12.1. The predicted molar refractivity (Wildman–Crippen MR) is 107 cm³/mol. The number of benzene rings is 2. The maximum atomic E-state index is 12.1. The number of fused-ring (bicyclic) bond motifs is 1. The minimum absolute atomic E-state index is 0.328. The highest BCUT2D eigenvalue weighted by Crippen LogP contribution is 2.25.